The summed E-state index contributed by atoms with van der Waals surface area (Å²) in [6.07, 6.45) is 1.61. The zero-order valence-electron chi connectivity index (χ0n) is 9.26. The molecule has 1 aromatic rings. The van der Waals surface area contributed by atoms with Crippen LogP contribution in [0.2, 0.25) is 0 Å². The molecule has 94 valence electrons. The number of nitrogens with zero attached hydrogens (tertiary/aromatic N) is 1. The Balaban J connectivity index is 2.22. The monoisotopic (exact) mass is 260 g/mol. The molecule has 1 fully saturated rings. The quantitative estimate of drug-likeness (QED) is 0.867. The van der Waals surface area contributed by atoms with E-state index in [-0.39, 0.29) is 12.1 Å². The van der Waals surface area contributed by atoms with Crippen LogP contribution in [0.4, 0.5) is 4.39 Å². The number of nitrogens with one attached hydrogen (secondary N) is 1. The molecule has 1 aromatic heterocycles. The maximum Gasteiger partial charge on any atom is 0.261 e. The molecule has 2 unspecified atom stereocenters. The second-order valence-electron chi connectivity index (χ2n) is 3.88. The minimum atomic E-state index is -3.92. The first-order valence-electron chi connectivity index (χ1n) is 5.25. The molecule has 0 amide bonds. The highest BCUT2D eigenvalue weighted by Crippen LogP contribution is 2.17. The molecule has 2 heterocycles. The van der Waals surface area contributed by atoms with Crippen LogP contribution in [0.25, 0.3) is 0 Å². The van der Waals surface area contributed by atoms with Gasteiger partial charge in [0.15, 0.2) is 5.82 Å². The summed E-state index contributed by atoms with van der Waals surface area (Å²) in [4.78, 5) is 3.55. The van der Waals surface area contributed by atoms with E-state index in [1.54, 1.807) is 6.92 Å². The average molecular weight is 260 g/mol. The predicted molar refractivity (Wildman–Crippen MR) is 58.3 cm³/mol. The summed E-state index contributed by atoms with van der Waals surface area (Å²) in [5.74, 6) is -0.855. The zero-order chi connectivity index (χ0) is 12.5. The molecule has 1 N–H and O–H groups in total. The lowest BCUT2D eigenvalue weighted by molar-refractivity contribution is 0.116. The zero-order valence-corrected chi connectivity index (χ0v) is 10.1. The molecule has 0 radical (unpaired) electrons. The minimum Gasteiger partial charge on any atom is -0.377 e. The number of pyridine rings is 1. The van der Waals surface area contributed by atoms with Crippen LogP contribution < -0.4 is 4.72 Å². The van der Waals surface area contributed by atoms with Gasteiger partial charge in [0.2, 0.25) is 5.03 Å². The molecular weight excluding hydrogens is 247 g/mol. The van der Waals surface area contributed by atoms with Gasteiger partial charge in [0.25, 0.3) is 10.0 Å². The molecule has 0 bridgehead atoms. The summed E-state index contributed by atoms with van der Waals surface area (Å²) >= 11 is 0. The van der Waals surface area contributed by atoms with Crippen LogP contribution >= 0.6 is 0 Å². The lowest BCUT2D eigenvalue weighted by Crippen LogP contribution is -2.39. The molecule has 5 nitrogen and oxygen atoms in total. The van der Waals surface area contributed by atoms with E-state index in [0.717, 1.165) is 6.07 Å². The van der Waals surface area contributed by atoms with Crippen LogP contribution in [0.15, 0.2) is 23.4 Å². The van der Waals surface area contributed by atoms with Crippen LogP contribution in [0, 0.1) is 5.82 Å². The standard InChI is InChI=1S/C10H13FN2O3S/c1-7-9(4-6-16-7)13-17(14,15)10-8(11)3-2-5-12-10/h2-3,5,7,9,13H,4,6H2,1H3. The molecule has 0 spiro atoms. The third kappa shape index (κ3) is 2.62. The molecule has 0 aromatic carbocycles. The van der Waals surface area contributed by atoms with Gasteiger partial charge in [0.05, 0.1) is 12.1 Å². The largest absolute Gasteiger partial charge is 0.377 e. The molecule has 7 heteroatoms. The van der Waals surface area contributed by atoms with Crippen molar-refractivity contribution >= 4 is 10.0 Å². The number of sulfonamides is 1. The molecule has 17 heavy (non-hydrogen) atoms. The van der Waals surface area contributed by atoms with E-state index in [0.29, 0.717) is 13.0 Å². The maximum absolute atomic E-state index is 13.3. The Hall–Kier alpha value is -1.05. The molecule has 1 aliphatic rings. The highest BCUT2D eigenvalue weighted by molar-refractivity contribution is 7.89. The number of hydrogen-bond acceptors (Lipinski definition) is 4. The summed E-state index contributed by atoms with van der Waals surface area (Å²) in [6.45, 7) is 2.27. The lowest BCUT2D eigenvalue weighted by Gasteiger charge is -2.15. The molecule has 2 rings (SSSR count). The molecule has 0 saturated carbocycles. The van der Waals surface area contributed by atoms with Crippen molar-refractivity contribution < 1.29 is 17.5 Å². The van der Waals surface area contributed by atoms with Gasteiger partial charge in [-0.3, -0.25) is 0 Å². The van der Waals surface area contributed by atoms with Crippen molar-refractivity contribution in [2.75, 3.05) is 6.61 Å². The molecule has 1 saturated heterocycles. The highest BCUT2D eigenvalue weighted by Gasteiger charge is 2.31. The molecule has 0 aliphatic carbocycles. The number of hydrogen-bond donors (Lipinski definition) is 1. The van der Waals surface area contributed by atoms with Gasteiger partial charge in [-0.05, 0) is 25.5 Å². The van der Waals surface area contributed by atoms with Crippen LogP contribution in [-0.2, 0) is 14.8 Å². The Bertz CT molecular complexity index is 506. The van der Waals surface area contributed by atoms with Crippen molar-refractivity contribution in [2.24, 2.45) is 0 Å². The fraction of sp³-hybridized carbons (Fsp3) is 0.500. The Morgan fingerprint density at radius 3 is 2.94 bits per heavy atom. The van der Waals surface area contributed by atoms with E-state index in [1.807, 2.05) is 0 Å². The minimum absolute atomic E-state index is 0.212. The average Bonchev–Trinajstić information content (AvgIpc) is 2.64. The predicted octanol–water partition coefficient (Wildman–Crippen LogP) is 0.676. The molecular formula is C10H13FN2O3S. The van der Waals surface area contributed by atoms with Crippen molar-refractivity contribution in [3.63, 3.8) is 0 Å². The number of rotatable bonds is 3. The fourth-order valence-electron chi connectivity index (χ4n) is 1.71. The van der Waals surface area contributed by atoms with Gasteiger partial charge in [-0.25, -0.2) is 22.5 Å². The third-order valence-electron chi connectivity index (χ3n) is 2.66. The van der Waals surface area contributed by atoms with Crippen LogP contribution in [0.5, 0.6) is 0 Å². The summed E-state index contributed by atoms with van der Waals surface area (Å²) in [6, 6.07) is 2.08. The summed E-state index contributed by atoms with van der Waals surface area (Å²) in [7, 11) is -3.92. The first-order valence-corrected chi connectivity index (χ1v) is 6.73. The van der Waals surface area contributed by atoms with Crippen LogP contribution in [0.1, 0.15) is 13.3 Å². The summed E-state index contributed by atoms with van der Waals surface area (Å²) in [5, 5.41) is -0.570. The fourth-order valence-corrected chi connectivity index (χ4v) is 3.05. The van der Waals surface area contributed by atoms with Crippen molar-refractivity contribution in [1.29, 1.82) is 0 Å². The second kappa shape index (κ2) is 4.67. The van der Waals surface area contributed by atoms with Crippen molar-refractivity contribution in [2.45, 2.75) is 30.5 Å². The number of ether oxygens (including phenoxy) is 1. The smallest absolute Gasteiger partial charge is 0.261 e. The Morgan fingerprint density at radius 2 is 2.35 bits per heavy atom. The first kappa shape index (κ1) is 12.4. The van der Waals surface area contributed by atoms with Gasteiger partial charge in [0.1, 0.15) is 0 Å². The van der Waals surface area contributed by atoms with E-state index in [1.165, 1.54) is 12.3 Å². The summed E-state index contributed by atoms with van der Waals surface area (Å²) < 4.78 is 44.8. The molecule has 1 aliphatic heterocycles. The number of halogens is 1. The van der Waals surface area contributed by atoms with E-state index < -0.39 is 20.9 Å². The third-order valence-corrected chi connectivity index (χ3v) is 4.08. The highest BCUT2D eigenvalue weighted by atomic mass is 32.2. The Morgan fingerprint density at radius 1 is 1.59 bits per heavy atom. The van der Waals surface area contributed by atoms with Crippen molar-refractivity contribution in [3.8, 4) is 0 Å². The van der Waals surface area contributed by atoms with Gasteiger partial charge in [-0.15, -0.1) is 0 Å². The van der Waals surface area contributed by atoms with E-state index in [2.05, 4.69) is 9.71 Å². The van der Waals surface area contributed by atoms with Gasteiger partial charge >= 0.3 is 0 Å². The number of aromatic nitrogens is 1. The lowest BCUT2D eigenvalue weighted by atomic mass is 10.2. The summed E-state index contributed by atoms with van der Waals surface area (Å²) in [5.41, 5.74) is 0. The van der Waals surface area contributed by atoms with Crippen LogP contribution in [-0.4, -0.2) is 32.2 Å². The topological polar surface area (TPSA) is 68.3 Å². The SMILES string of the molecule is CC1OCCC1NS(=O)(=O)c1ncccc1F. The Kier molecular flexibility index (Phi) is 3.41. The Labute approximate surface area is 99.1 Å². The van der Waals surface area contributed by atoms with Crippen molar-refractivity contribution in [1.82, 2.24) is 9.71 Å². The van der Waals surface area contributed by atoms with E-state index >= 15 is 0 Å². The first-order chi connectivity index (χ1) is 8.00. The van der Waals surface area contributed by atoms with Crippen molar-refractivity contribution in [3.05, 3.63) is 24.1 Å². The van der Waals surface area contributed by atoms with Gasteiger partial charge in [-0.1, -0.05) is 0 Å². The maximum atomic E-state index is 13.3. The van der Waals surface area contributed by atoms with Gasteiger partial charge in [-0.2, -0.15) is 0 Å². The van der Waals surface area contributed by atoms with Gasteiger partial charge in [0, 0.05) is 12.8 Å². The normalized spacial score (nSPS) is 25.1. The van der Waals surface area contributed by atoms with Gasteiger partial charge < -0.3 is 4.74 Å². The van der Waals surface area contributed by atoms with E-state index in [4.69, 9.17) is 4.74 Å². The molecule has 2 atom stereocenters. The van der Waals surface area contributed by atoms with Crippen LogP contribution in [0.3, 0.4) is 0 Å². The second-order valence-corrected chi connectivity index (χ2v) is 5.51. The van der Waals surface area contributed by atoms with E-state index in [9.17, 15) is 12.8 Å².